The minimum atomic E-state index is -3.34. The van der Waals surface area contributed by atoms with Gasteiger partial charge in [-0.2, -0.15) is 0 Å². The molecule has 8 heteroatoms. The van der Waals surface area contributed by atoms with Crippen molar-refractivity contribution in [1.29, 1.82) is 0 Å². The lowest BCUT2D eigenvalue weighted by atomic mass is 9.83. The molecule has 0 saturated heterocycles. The zero-order valence-corrected chi connectivity index (χ0v) is 21.0. The van der Waals surface area contributed by atoms with Gasteiger partial charge in [0.15, 0.2) is 0 Å². The maximum Gasteiger partial charge on any atom is 0.229 e. The summed E-state index contributed by atoms with van der Waals surface area (Å²) in [4.78, 5) is 4.07. The second-order valence-corrected chi connectivity index (χ2v) is 10.7. The fourth-order valence-corrected chi connectivity index (χ4v) is 4.14. The lowest BCUT2D eigenvalue weighted by Gasteiger charge is -2.25. The summed E-state index contributed by atoms with van der Waals surface area (Å²) in [5.74, 6) is 0.588. The van der Waals surface area contributed by atoms with Crippen LogP contribution in [0.2, 0.25) is 0 Å². The third kappa shape index (κ3) is 6.14. The Kier molecular flexibility index (Phi) is 7.31. The van der Waals surface area contributed by atoms with E-state index in [1.807, 2.05) is 36.4 Å². The molecule has 0 spiro atoms. The molecule has 34 heavy (non-hydrogen) atoms. The van der Waals surface area contributed by atoms with Gasteiger partial charge >= 0.3 is 0 Å². The molecule has 3 rings (SSSR count). The van der Waals surface area contributed by atoms with Gasteiger partial charge in [0.25, 0.3) is 0 Å². The van der Waals surface area contributed by atoms with E-state index in [-0.39, 0.29) is 5.41 Å². The number of anilines is 1. The molecule has 0 bridgehead atoms. The lowest BCUT2D eigenvalue weighted by molar-refractivity contribution is 0.395. The van der Waals surface area contributed by atoms with Crippen LogP contribution in [0, 0.1) is 5.82 Å². The zero-order chi connectivity index (χ0) is 25.1. The van der Waals surface area contributed by atoms with Gasteiger partial charge in [-0.15, -0.1) is 0 Å². The van der Waals surface area contributed by atoms with Crippen molar-refractivity contribution in [3.8, 4) is 22.8 Å². The number of sulfonamides is 1. The van der Waals surface area contributed by atoms with Crippen molar-refractivity contribution in [2.45, 2.75) is 26.2 Å². The summed E-state index contributed by atoms with van der Waals surface area (Å²) in [6.45, 7) is 6.24. The zero-order valence-electron chi connectivity index (χ0n) is 20.1. The first kappa shape index (κ1) is 25.2. The van der Waals surface area contributed by atoms with Crippen LogP contribution in [0.25, 0.3) is 23.3 Å². The van der Waals surface area contributed by atoms with Crippen molar-refractivity contribution in [3.05, 3.63) is 71.2 Å². The van der Waals surface area contributed by atoms with Crippen molar-refractivity contribution in [1.82, 2.24) is 4.98 Å². The van der Waals surface area contributed by atoms with Crippen LogP contribution in [0.3, 0.4) is 0 Å². The van der Waals surface area contributed by atoms with Gasteiger partial charge in [0, 0.05) is 22.4 Å². The fourth-order valence-electron chi connectivity index (χ4n) is 3.57. The van der Waals surface area contributed by atoms with Gasteiger partial charge in [-0.3, -0.25) is 4.72 Å². The molecule has 1 aromatic heterocycles. The Morgan fingerprint density at radius 3 is 2.24 bits per heavy atom. The Morgan fingerprint density at radius 1 is 1.00 bits per heavy atom. The van der Waals surface area contributed by atoms with E-state index in [1.165, 1.54) is 13.2 Å². The highest BCUT2D eigenvalue weighted by Crippen LogP contribution is 2.40. The Morgan fingerprint density at radius 2 is 1.68 bits per heavy atom. The van der Waals surface area contributed by atoms with Crippen LogP contribution < -0.4 is 14.2 Å². The Bertz CT molecular complexity index is 1310. The van der Waals surface area contributed by atoms with E-state index in [0.717, 1.165) is 34.7 Å². The number of benzene rings is 2. The van der Waals surface area contributed by atoms with Crippen LogP contribution in [-0.4, -0.2) is 33.9 Å². The van der Waals surface area contributed by atoms with Crippen LogP contribution in [0.15, 0.2) is 48.7 Å². The lowest BCUT2D eigenvalue weighted by Crippen LogP contribution is -2.14. The Labute approximate surface area is 200 Å². The van der Waals surface area contributed by atoms with Gasteiger partial charge in [-0.1, -0.05) is 45.1 Å². The van der Waals surface area contributed by atoms with Crippen molar-refractivity contribution in [2.24, 2.45) is 0 Å². The summed E-state index contributed by atoms with van der Waals surface area (Å²) in [5, 5.41) is 0. The molecule has 0 aliphatic rings. The van der Waals surface area contributed by atoms with Crippen LogP contribution in [0.5, 0.6) is 11.6 Å². The molecule has 0 amide bonds. The summed E-state index contributed by atoms with van der Waals surface area (Å²) in [6.07, 6.45) is 6.05. The van der Waals surface area contributed by atoms with Gasteiger partial charge in [0.2, 0.25) is 15.9 Å². The van der Waals surface area contributed by atoms with Crippen LogP contribution >= 0.6 is 0 Å². The number of aromatic nitrogens is 1. The molecule has 180 valence electrons. The standard InChI is InChI=1S/C26H29FN2O4S/c1-26(2,3)23-14-19(22-15-20(27)16-28-25(22)33-5)13-18(24(23)32-4)10-7-17-8-11-21(12-9-17)29-34(6,30)31/h7-16,29H,1-6H3/b10-7+. The first-order valence-corrected chi connectivity index (χ1v) is 12.5. The average molecular weight is 485 g/mol. The predicted octanol–water partition coefficient (Wildman–Crippen LogP) is 5.74. The third-order valence-electron chi connectivity index (χ3n) is 5.12. The molecule has 0 aliphatic carbocycles. The summed E-state index contributed by atoms with van der Waals surface area (Å²) in [7, 11) is -0.216. The second-order valence-electron chi connectivity index (χ2n) is 8.94. The number of halogens is 1. The second kappa shape index (κ2) is 9.85. The number of hydrogen-bond donors (Lipinski definition) is 1. The molecule has 0 radical (unpaired) electrons. The van der Waals surface area contributed by atoms with Gasteiger partial charge in [-0.25, -0.2) is 17.8 Å². The smallest absolute Gasteiger partial charge is 0.229 e. The van der Waals surface area contributed by atoms with Crippen molar-refractivity contribution in [3.63, 3.8) is 0 Å². The summed E-state index contributed by atoms with van der Waals surface area (Å²) in [5.41, 5.74) is 4.15. The quantitative estimate of drug-likeness (QED) is 0.433. The minimum absolute atomic E-state index is 0.253. The minimum Gasteiger partial charge on any atom is -0.496 e. The maximum absolute atomic E-state index is 14.1. The van der Waals surface area contributed by atoms with Crippen LogP contribution in [0.1, 0.15) is 37.5 Å². The monoisotopic (exact) mass is 484 g/mol. The van der Waals surface area contributed by atoms with Crippen molar-refractivity contribution >= 4 is 27.9 Å². The molecule has 3 aromatic rings. The van der Waals surface area contributed by atoms with E-state index in [9.17, 15) is 12.8 Å². The number of nitrogens with one attached hydrogen (secondary N) is 1. The molecule has 0 aliphatic heterocycles. The fraction of sp³-hybridized carbons (Fsp3) is 0.269. The molecule has 0 fully saturated rings. The van der Waals surface area contributed by atoms with Crippen LogP contribution in [0.4, 0.5) is 10.1 Å². The van der Waals surface area contributed by atoms with Crippen LogP contribution in [-0.2, 0) is 15.4 Å². The average Bonchev–Trinajstić information content (AvgIpc) is 2.76. The predicted molar refractivity (Wildman–Crippen MR) is 135 cm³/mol. The number of rotatable bonds is 7. The molecule has 6 nitrogen and oxygen atoms in total. The van der Waals surface area contributed by atoms with E-state index in [0.29, 0.717) is 22.9 Å². The molecular weight excluding hydrogens is 455 g/mol. The van der Waals surface area contributed by atoms with E-state index < -0.39 is 15.8 Å². The first-order chi connectivity index (χ1) is 15.9. The SMILES string of the molecule is COc1ncc(F)cc1-c1cc(/C=C/c2ccc(NS(C)(=O)=O)cc2)c(OC)c(C(C)(C)C)c1. The molecule has 1 heterocycles. The first-order valence-electron chi connectivity index (χ1n) is 10.6. The Hall–Kier alpha value is -3.39. The topological polar surface area (TPSA) is 77.5 Å². The largest absolute Gasteiger partial charge is 0.496 e. The van der Waals surface area contributed by atoms with E-state index in [1.54, 1.807) is 19.2 Å². The number of nitrogens with zero attached hydrogens (tertiary/aromatic N) is 1. The van der Waals surface area contributed by atoms with E-state index in [4.69, 9.17) is 9.47 Å². The highest BCUT2D eigenvalue weighted by molar-refractivity contribution is 7.92. The molecule has 2 aromatic carbocycles. The number of methoxy groups -OCH3 is 2. The highest BCUT2D eigenvalue weighted by atomic mass is 32.2. The summed E-state index contributed by atoms with van der Waals surface area (Å²) < 4.78 is 50.5. The molecule has 0 saturated carbocycles. The Balaban J connectivity index is 2.11. The van der Waals surface area contributed by atoms with Crippen molar-refractivity contribution < 1.29 is 22.3 Å². The van der Waals surface area contributed by atoms with Gasteiger partial charge in [0.1, 0.15) is 11.6 Å². The summed E-state index contributed by atoms with van der Waals surface area (Å²) in [6, 6.07) is 12.3. The molecule has 0 unspecified atom stereocenters. The van der Waals surface area contributed by atoms with E-state index >= 15 is 0 Å². The molecule has 0 atom stereocenters. The van der Waals surface area contributed by atoms with E-state index in [2.05, 4.69) is 30.5 Å². The number of pyridine rings is 1. The van der Waals surface area contributed by atoms with Gasteiger partial charge in [0.05, 0.1) is 26.7 Å². The third-order valence-corrected chi connectivity index (χ3v) is 5.73. The number of hydrogen-bond acceptors (Lipinski definition) is 5. The number of ether oxygens (including phenoxy) is 2. The summed E-state index contributed by atoms with van der Waals surface area (Å²) >= 11 is 0. The normalized spacial score (nSPS) is 12.1. The molecular formula is C26H29FN2O4S. The van der Waals surface area contributed by atoms with Gasteiger partial charge < -0.3 is 9.47 Å². The highest BCUT2D eigenvalue weighted by Gasteiger charge is 2.23. The van der Waals surface area contributed by atoms with Gasteiger partial charge in [-0.05, 0) is 46.9 Å². The maximum atomic E-state index is 14.1. The van der Waals surface area contributed by atoms with Crippen molar-refractivity contribution in [2.75, 3.05) is 25.2 Å². The molecule has 1 N–H and O–H groups in total.